The number of pyridine rings is 1. The molecule has 8 rings (SSSR count). The maximum Gasteiger partial charge on any atom is 0.216 e. The van der Waals surface area contributed by atoms with Crippen LogP contribution >= 0.6 is 0 Å². The summed E-state index contributed by atoms with van der Waals surface area (Å²) in [5.41, 5.74) is 1.47. The van der Waals surface area contributed by atoms with Crippen molar-refractivity contribution in [2.24, 2.45) is 0 Å². The van der Waals surface area contributed by atoms with Crippen LogP contribution in [-0.4, -0.2) is 65.4 Å². The third kappa shape index (κ3) is 3.98. The predicted molar refractivity (Wildman–Crippen MR) is 157 cm³/mol. The van der Waals surface area contributed by atoms with Gasteiger partial charge in [0, 0.05) is 47.8 Å². The molecule has 7 nitrogen and oxygen atoms in total. The Hall–Kier alpha value is -3.80. The van der Waals surface area contributed by atoms with Gasteiger partial charge in [0.05, 0.1) is 10.9 Å². The van der Waals surface area contributed by atoms with Gasteiger partial charge in [0.1, 0.15) is 12.4 Å². The Balaban J connectivity index is 1.27. The van der Waals surface area contributed by atoms with E-state index in [1.807, 2.05) is 18.2 Å². The van der Waals surface area contributed by atoms with Crippen LogP contribution in [-0.2, 0) is 0 Å². The Bertz CT molecular complexity index is 1700. The first kappa shape index (κ1) is 25.0. The molecule has 6 heterocycles. The summed E-state index contributed by atoms with van der Waals surface area (Å²) in [4.78, 5) is 9.73. The summed E-state index contributed by atoms with van der Waals surface area (Å²) >= 11 is 0. The maximum atomic E-state index is 16.5. The Kier molecular flexibility index (Phi) is 5.70. The molecule has 4 fully saturated rings. The highest BCUT2D eigenvalue weighted by Crippen LogP contribution is 2.44. The second kappa shape index (κ2) is 9.37. The van der Waals surface area contributed by atoms with Gasteiger partial charge in [-0.2, -0.15) is 4.98 Å². The molecule has 4 aliphatic rings. The lowest BCUT2D eigenvalue weighted by Gasteiger charge is -2.34. The van der Waals surface area contributed by atoms with Gasteiger partial charge in [-0.1, -0.05) is 18.1 Å². The van der Waals surface area contributed by atoms with Gasteiger partial charge in [-0.3, -0.25) is 4.90 Å². The largest absolute Gasteiger partial charge is 0.508 e. The van der Waals surface area contributed by atoms with E-state index in [1.54, 1.807) is 12.1 Å². The molecule has 41 heavy (non-hydrogen) atoms. The minimum absolute atomic E-state index is 0.0134. The second-order valence-corrected chi connectivity index (χ2v) is 12.2. The Morgan fingerprint density at radius 3 is 2.68 bits per heavy atom. The standard InChI is InChI=1S/C33H33FN4O3/c1-2-20-6-3-7-21-14-24(39)15-25(28(20)21)30-29(34)26-16-27(40-19-33-10-4-12-38(33)13-5-11-33)36-32(31(26)41-30)37-17-22-8-9-23(18-37)35-22/h1,3,6-7,14-16,22-23,35,39H,4-5,8-13,17-19H2. The smallest absolute Gasteiger partial charge is 0.216 e. The molecule has 2 bridgehead atoms. The van der Waals surface area contributed by atoms with Crippen LogP contribution in [0.15, 0.2) is 40.8 Å². The molecular weight excluding hydrogens is 519 g/mol. The first-order chi connectivity index (χ1) is 20.0. The molecule has 2 N–H and O–H groups in total. The average molecular weight is 553 g/mol. The number of furan rings is 1. The van der Waals surface area contributed by atoms with Crippen LogP contribution in [0.3, 0.4) is 0 Å². The van der Waals surface area contributed by atoms with E-state index >= 15 is 4.39 Å². The predicted octanol–water partition coefficient (Wildman–Crippen LogP) is 5.42. The normalized spacial score (nSPS) is 23.4. The molecule has 4 aliphatic heterocycles. The van der Waals surface area contributed by atoms with Gasteiger partial charge in [0.2, 0.25) is 5.88 Å². The zero-order valence-electron chi connectivity index (χ0n) is 23.0. The maximum absolute atomic E-state index is 16.5. The van der Waals surface area contributed by atoms with Crippen molar-refractivity contribution in [1.82, 2.24) is 15.2 Å². The van der Waals surface area contributed by atoms with Gasteiger partial charge in [-0.05, 0) is 75.2 Å². The van der Waals surface area contributed by atoms with Gasteiger partial charge in [0.25, 0.3) is 0 Å². The lowest BCUT2D eigenvalue weighted by Crippen LogP contribution is -2.51. The van der Waals surface area contributed by atoms with Crippen LogP contribution < -0.4 is 15.0 Å². The highest BCUT2D eigenvalue weighted by molar-refractivity contribution is 6.03. The number of nitrogens with zero attached hydrogens (tertiary/aromatic N) is 3. The molecule has 2 aromatic heterocycles. The molecule has 2 unspecified atom stereocenters. The van der Waals surface area contributed by atoms with Crippen LogP contribution in [0.4, 0.5) is 10.2 Å². The summed E-state index contributed by atoms with van der Waals surface area (Å²) in [7, 11) is 0. The average Bonchev–Trinajstić information content (AvgIpc) is 3.73. The Labute approximate surface area is 238 Å². The highest BCUT2D eigenvalue weighted by Gasteiger charge is 2.45. The van der Waals surface area contributed by atoms with Gasteiger partial charge in [-0.15, -0.1) is 6.42 Å². The first-order valence-electron chi connectivity index (χ1n) is 14.8. The second-order valence-electron chi connectivity index (χ2n) is 12.2. The zero-order valence-corrected chi connectivity index (χ0v) is 23.0. The Morgan fingerprint density at radius 1 is 1.15 bits per heavy atom. The number of phenols is 1. The number of piperazine rings is 1. The molecule has 4 aromatic rings. The van der Waals surface area contributed by atoms with Crippen LogP contribution in [0.5, 0.6) is 11.6 Å². The van der Waals surface area contributed by atoms with Crippen molar-refractivity contribution in [2.45, 2.75) is 56.1 Å². The van der Waals surface area contributed by atoms with E-state index in [0.29, 0.717) is 63.3 Å². The van der Waals surface area contributed by atoms with E-state index in [0.717, 1.165) is 51.9 Å². The number of nitrogens with one attached hydrogen (secondary N) is 1. The third-order valence-electron chi connectivity index (χ3n) is 9.75. The number of phenolic OH excluding ortho intramolecular Hbond substituents is 1. The van der Waals surface area contributed by atoms with Crippen molar-refractivity contribution in [3.8, 4) is 35.3 Å². The van der Waals surface area contributed by atoms with Crippen LogP contribution in [0.1, 0.15) is 44.1 Å². The third-order valence-corrected chi connectivity index (χ3v) is 9.75. The van der Waals surface area contributed by atoms with Crippen LogP contribution in [0, 0.1) is 18.2 Å². The number of anilines is 1. The summed E-state index contributed by atoms with van der Waals surface area (Å²) in [6.07, 6.45) is 12.7. The van der Waals surface area contributed by atoms with E-state index in [4.69, 9.17) is 20.6 Å². The molecule has 210 valence electrons. The topological polar surface area (TPSA) is 74.0 Å². The number of aromatic nitrogens is 1. The quantitative estimate of drug-likeness (QED) is 0.320. The molecule has 0 spiro atoms. The van der Waals surface area contributed by atoms with Crippen molar-refractivity contribution in [1.29, 1.82) is 0 Å². The monoisotopic (exact) mass is 552 g/mol. The fourth-order valence-corrected chi connectivity index (χ4v) is 7.84. The number of aromatic hydroxyl groups is 1. The van der Waals surface area contributed by atoms with Crippen molar-refractivity contribution < 1.29 is 18.7 Å². The van der Waals surface area contributed by atoms with E-state index in [9.17, 15) is 5.11 Å². The van der Waals surface area contributed by atoms with Crippen LogP contribution in [0.25, 0.3) is 33.1 Å². The number of rotatable bonds is 5. The molecule has 0 radical (unpaired) electrons. The number of hydrogen-bond acceptors (Lipinski definition) is 7. The molecule has 2 aromatic carbocycles. The molecular formula is C33H33FN4O3. The number of hydrogen-bond donors (Lipinski definition) is 2. The molecule has 4 saturated heterocycles. The van der Waals surface area contributed by atoms with Crippen molar-refractivity contribution >= 4 is 27.6 Å². The van der Waals surface area contributed by atoms with Gasteiger partial charge in [-0.25, -0.2) is 4.39 Å². The lowest BCUT2D eigenvalue weighted by molar-refractivity contribution is 0.111. The van der Waals surface area contributed by atoms with Gasteiger partial charge >= 0.3 is 0 Å². The molecule has 0 amide bonds. The summed E-state index contributed by atoms with van der Waals surface area (Å²) < 4.78 is 29.3. The number of fused-ring (bicyclic) bond motifs is 5. The minimum Gasteiger partial charge on any atom is -0.508 e. The van der Waals surface area contributed by atoms with Crippen LogP contribution in [0.2, 0.25) is 0 Å². The molecule has 0 aliphatic carbocycles. The summed E-state index contributed by atoms with van der Waals surface area (Å²) in [6, 6.07) is 11.1. The molecule has 8 heteroatoms. The zero-order chi connectivity index (χ0) is 27.7. The summed E-state index contributed by atoms with van der Waals surface area (Å²) in [6.45, 7) is 4.32. The highest BCUT2D eigenvalue weighted by atomic mass is 19.1. The SMILES string of the molecule is C#Cc1cccc2cc(O)cc(-c3oc4c(N5CC6CCC(C5)N6)nc(OCC56CCCN5CCC6)cc4c3F)c12. The molecule has 2 atom stereocenters. The summed E-state index contributed by atoms with van der Waals surface area (Å²) in [5, 5.41) is 15.9. The fourth-order valence-electron chi connectivity index (χ4n) is 7.84. The van der Waals surface area contributed by atoms with Crippen molar-refractivity contribution in [3.63, 3.8) is 0 Å². The number of terminal acetylenes is 1. The van der Waals surface area contributed by atoms with E-state index in [-0.39, 0.29) is 17.0 Å². The lowest BCUT2D eigenvalue weighted by atomic mass is 9.95. The van der Waals surface area contributed by atoms with E-state index in [2.05, 4.69) is 21.0 Å². The number of ether oxygens (including phenoxy) is 1. The number of halogens is 1. The Morgan fingerprint density at radius 2 is 1.93 bits per heavy atom. The molecule has 0 saturated carbocycles. The van der Waals surface area contributed by atoms with Gasteiger partial charge < -0.3 is 24.5 Å². The van der Waals surface area contributed by atoms with Gasteiger partial charge in [0.15, 0.2) is 23.0 Å². The van der Waals surface area contributed by atoms with E-state index < -0.39 is 5.82 Å². The number of benzene rings is 2. The minimum atomic E-state index is -0.508. The van der Waals surface area contributed by atoms with E-state index in [1.165, 1.54) is 18.9 Å². The van der Waals surface area contributed by atoms with Crippen molar-refractivity contribution in [3.05, 3.63) is 47.8 Å². The fraction of sp³-hybridized carbons (Fsp3) is 0.424. The summed E-state index contributed by atoms with van der Waals surface area (Å²) in [5.74, 6) is 3.28. The van der Waals surface area contributed by atoms with Crippen molar-refractivity contribution in [2.75, 3.05) is 37.7 Å². The first-order valence-corrected chi connectivity index (χ1v) is 14.8.